The van der Waals surface area contributed by atoms with Crippen LogP contribution < -0.4 is 0 Å². The van der Waals surface area contributed by atoms with Gasteiger partial charge in [-0.1, -0.05) is 145 Å². The van der Waals surface area contributed by atoms with Crippen LogP contribution in [0, 0.1) is 0 Å². The SMILES string of the molecule is CCCCCCCCCCCCCCCCC[C@H](O[Si](CC)(CC)CC)[C@H](C[C@H]1O[C@@H]1CO)O[Si](CC)(CC)CC. The highest BCUT2D eigenvalue weighted by molar-refractivity contribution is 6.74. The Morgan fingerprint density at radius 3 is 1.22 bits per heavy atom. The number of hydrogen-bond acceptors (Lipinski definition) is 4. The zero-order valence-corrected chi connectivity index (χ0v) is 31.0. The molecule has 0 aromatic heterocycles. The summed E-state index contributed by atoms with van der Waals surface area (Å²) in [5.74, 6) is 0. The molecule has 0 unspecified atom stereocenters. The average Bonchev–Trinajstić information content (AvgIpc) is 3.77. The molecular formula is C35H74O4Si2. The van der Waals surface area contributed by atoms with E-state index in [2.05, 4.69) is 48.5 Å². The third-order valence-electron chi connectivity index (χ3n) is 10.5. The van der Waals surface area contributed by atoms with Gasteiger partial charge in [0.05, 0.1) is 24.9 Å². The molecule has 6 heteroatoms. The van der Waals surface area contributed by atoms with Crippen LogP contribution in [0.2, 0.25) is 36.3 Å². The minimum atomic E-state index is -1.79. The summed E-state index contributed by atoms with van der Waals surface area (Å²) in [6.07, 6.45) is 23.3. The first-order valence-electron chi connectivity index (χ1n) is 18.5. The minimum Gasteiger partial charge on any atom is -0.411 e. The van der Waals surface area contributed by atoms with Crippen molar-refractivity contribution < 1.29 is 18.7 Å². The molecule has 0 saturated carbocycles. The first-order valence-corrected chi connectivity index (χ1v) is 23.6. The number of rotatable bonds is 30. The van der Waals surface area contributed by atoms with Gasteiger partial charge in [-0.2, -0.15) is 0 Å². The van der Waals surface area contributed by atoms with E-state index in [9.17, 15) is 5.11 Å². The molecule has 1 rings (SSSR count). The molecule has 0 aliphatic carbocycles. The summed E-state index contributed by atoms with van der Waals surface area (Å²) in [4.78, 5) is 0. The molecule has 0 radical (unpaired) electrons. The largest absolute Gasteiger partial charge is 0.411 e. The standard InChI is InChI=1S/C35H74O4Si2/c1-8-15-16-17-18-19-20-21-22-23-24-25-26-27-28-29-32(38-40(9-2,10-3)11-4)34(30-33-35(31-36)37-33)39-41(12-5,13-6)14-7/h32-36H,8-31H2,1-7H3/t32-,33+,34-,35+/m0/s1. The lowest BCUT2D eigenvalue weighted by molar-refractivity contribution is 0.0225. The van der Waals surface area contributed by atoms with Crippen LogP contribution >= 0.6 is 0 Å². The summed E-state index contributed by atoms with van der Waals surface area (Å²) in [5, 5.41) is 9.67. The van der Waals surface area contributed by atoms with E-state index in [1.54, 1.807) is 0 Å². The van der Waals surface area contributed by atoms with E-state index >= 15 is 0 Å². The van der Waals surface area contributed by atoms with Gasteiger partial charge in [0.2, 0.25) is 0 Å². The third kappa shape index (κ3) is 15.7. The van der Waals surface area contributed by atoms with Crippen LogP contribution in [-0.2, 0) is 13.6 Å². The quantitative estimate of drug-likeness (QED) is 0.0497. The fourth-order valence-corrected chi connectivity index (χ4v) is 12.5. The summed E-state index contributed by atoms with van der Waals surface area (Å²) in [6, 6.07) is 7.02. The predicted octanol–water partition coefficient (Wildman–Crippen LogP) is 11.2. The van der Waals surface area contributed by atoms with E-state index in [1.165, 1.54) is 114 Å². The average molecular weight is 615 g/mol. The van der Waals surface area contributed by atoms with Crippen LogP contribution in [0.4, 0.5) is 0 Å². The van der Waals surface area contributed by atoms with E-state index in [1.807, 2.05) is 0 Å². The normalized spacial score (nSPS) is 19.0. The zero-order chi connectivity index (χ0) is 30.4. The molecular weight excluding hydrogens is 541 g/mol. The Bertz CT molecular complexity index is 580. The van der Waals surface area contributed by atoms with Crippen molar-refractivity contribution in [1.29, 1.82) is 0 Å². The van der Waals surface area contributed by atoms with Crippen LogP contribution in [0.15, 0.2) is 0 Å². The zero-order valence-electron chi connectivity index (χ0n) is 29.0. The van der Waals surface area contributed by atoms with E-state index in [0.717, 1.165) is 31.0 Å². The number of aliphatic hydroxyl groups is 1. The lowest BCUT2D eigenvalue weighted by Crippen LogP contribution is -2.50. The molecule has 1 fully saturated rings. The summed E-state index contributed by atoms with van der Waals surface area (Å²) < 4.78 is 20.3. The highest BCUT2D eigenvalue weighted by Crippen LogP contribution is 2.36. The molecule has 1 heterocycles. The van der Waals surface area contributed by atoms with Crippen molar-refractivity contribution in [3.8, 4) is 0 Å². The lowest BCUT2D eigenvalue weighted by atomic mass is 10.00. The fourth-order valence-electron chi connectivity index (χ4n) is 6.73. The van der Waals surface area contributed by atoms with Crippen LogP contribution in [0.3, 0.4) is 0 Å². The molecule has 0 spiro atoms. The summed E-state index contributed by atoms with van der Waals surface area (Å²) >= 11 is 0. The van der Waals surface area contributed by atoms with Gasteiger partial charge in [0.1, 0.15) is 6.10 Å². The maximum absolute atomic E-state index is 9.67. The number of hydrogen-bond donors (Lipinski definition) is 1. The molecule has 1 N–H and O–H groups in total. The molecule has 0 aromatic carbocycles. The molecule has 4 nitrogen and oxygen atoms in total. The highest BCUT2D eigenvalue weighted by Gasteiger charge is 2.45. The Labute approximate surface area is 259 Å². The van der Waals surface area contributed by atoms with Gasteiger partial charge in [-0.05, 0) is 42.7 Å². The highest BCUT2D eigenvalue weighted by atomic mass is 28.4. The van der Waals surface area contributed by atoms with Crippen LogP contribution in [0.5, 0.6) is 0 Å². The fraction of sp³-hybridized carbons (Fsp3) is 1.00. The number of unbranched alkanes of at least 4 members (excludes halogenated alkanes) is 14. The van der Waals surface area contributed by atoms with Crippen molar-refractivity contribution in [2.45, 2.75) is 218 Å². The van der Waals surface area contributed by atoms with Gasteiger partial charge in [-0.25, -0.2) is 0 Å². The van der Waals surface area contributed by atoms with Gasteiger partial charge in [-0.15, -0.1) is 0 Å². The maximum atomic E-state index is 9.67. The summed E-state index contributed by atoms with van der Waals surface area (Å²) in [5.41, 5.74) is 0. The second-order valence-corrected chi connectivity index (χ2v) is 22.6. The molecule has 246 valence electrons. The topological polar surface area (TPSA) is 51.2 Å². The molecule has 1 aliphatic rings. The molecule has 1 saturated heterocycles. The van der Waals surface area contributed by atoms with Crippen molar-refractivity contribution in [2.24, 2.45) is 0 Å². The van der Waals surface area contributed by atoms with Crippen molar-refractivity contribution in [1.82, 2.24) is 0 Å². The van der Waals surface area contributed by atoms with Crippen molar-refractivity contribution in [3.63, 3.8) is 0 Å². The Hall–Kier alpha value is 0.274. The molecule has 0 aromatic rings. The van der Waals surface area contributed by atoms with E-state index in [0.29, 0.717) is 0 Å². The number of epoxide rings is 1. The maximum Gasteiger partial charge on any atom is 0.192 e. The Morgan fingerprint density at radius 2 is 0.878 bits per heavy atom. The first-order chi connectivity index (χ1) is 19.9. The van der Waals surface area contributed by atoms with Gasteiger partial charge in [0.25, 0.3) is 0 Å². The second kappa shape index (κ2) is 23.6. The van der Waals surface area contributed by atoms with Crippen molar-refractivity contribution >= 4 is 16.6 Å². The molecule has 1 aliphatic heterocycles. The summed E-state index contributed by atoms with van der Waals surface area (Å²) in [7, 11) is -3.56. The molecule has 41 heavy (non-hydrogen) atoms. The van der Waals surface area contributed by atoms with Crippen LogP contribution in [-0.4, -0.2) is 52.8 Å². The minimum absolute atomic E-state index is 0.000909. The van der Waals surface area contributed by atoms with E-state index < -0.39 is 16.6 Å². The third-order valence-corrected chi connectivity index (χ3v) is 19.8. The Balaban J connectivity index is 2.59. The van der Waals surface area contributed by atoms with Gasteiger partial charge in [0.15, 0.2) is 16.6 Å². The van der Waals surface area contributed by atoms with E-state index in [-0.39, 0.29) is 31.0 Å². The van der Waals surface area contributed by atoms with Gasteiger partial charge < -0.3 is 18.7 Å². The lowest BCUT2D eigenvalue weighted by Gasteiger charge is -2.41. The van der Waals surface area contributed by atoms with Crippen molar-refractivity contribution in [2.75, 3.05) is 6.61 Å². The van der Waals surface area contributed by atoms with Gasteiger partial charge in [-0.3, -0.25) is 0 Å². The Kier molecular flexibility index (Phi) is 22.6. The van der Waals surface area contributed by atoms with Gasteiger partial charge >= 0.3 is 0 Å². The number of ether oxygens (including phenoxy) is 1. The first kappa shape index (κ1) is 39.3. The predicted molar refractivity (Wildman–Crippen MR) is 184 cm³/mol. The van der Waals surface area contributed by atoms with Crippen LogP contribution in [0.25, 0.3) is 0 Å². The molecule has 0 amide bonds. The van der Waals surface area contributed by atoms with Crippen LogP contribution in [0.1, 0.15) is 158 Å². The smallest absolute Gasteiger partial charge is 0.192 e. The molecule has 4 atom stereocenters. The van der Waals surface area contributed by atoms with Crippen molar-refractivity contribution in [3.05, 3.63) is 0 Å². The van der Waals surface area contributed by atoms with E-state index in [4.69, 9.17) is 13.6 Å². The molecule has 0 bridgehead atoms. The number of aliphatic hydroxyl groups excluding tert-OH is 1. The monoisotopic (exact) mass is 615 g/mol. The van der Waals surface area contributed by atoms with Gasteiger partial charge in [0, 0.05) is 6.42 Å². The summed E-state index contributed by atoms with van der Waals surface area (Å²) in [6.45, 7) is 16.4. The second-order valence-electron chi connectivity index (χ2n) is 13.2. The Morgan fingerprint density at radius 1 is 0.512 bits per heavy atom.